The molecular weight excluding hydrogens is 2330 g/mol. The van der Waals surface area contributed by atoms with E-state index in [1.54, 1.807) is 0 Å². The summed E-state index contributed by atoms with van der Waals surface area (Å²) in [6.07, 6.45) is 84.2. The Balaban J connectivity index is 0.00000169. The number of para-hydroxylation sites is 4. The topological polar surface area (TPSA) is 111 Å². The monoisotopic (exact) mass is 2510 g/mol. The first-order chi connectivity index (χ1) is 66.7. The molecule has 0 radical (unpaired) electrons. The van der Waals surface area contributed by atoms with E-state index in [2.05, 4.69) is 104 Å². The van der Waals surface area contributed by atoms with E-state index in [-0.39, 0.29) is 112 Å². The third-order valence-electron chi connectivity index (χ3n) is 25.2. The summed E-state index contributed by atoms with van der Waals surface area (Å²) in [5, 5.41) is 0. The Hall–Kier alpha value is 4.58. The minimum Gasteiger partial charge on any atom is -0.691 e. The van der Waals surface area contributed by atoms with E-state index < -0.39 is 34.2 Å². The van der Waals surface area contributed by atoms with Crippen molar-refractivity contribution in [3.8, 4) is 23.0 Å². The Kier molecular flexibility index (Phi) is 98.7. The number of rotatable bonds is 72. The van der Waals surface area contributed by atoms with Crippen LogP contribution in [0.1, 0.15) is 489 Å². The minimum atomic E-state index is -2.87. The van der Waals surface area contributed by atoms with E-state index in [0.717, 1.165) is 151 Å². The molecule has 0 amide bonds. The average Bonchev–Trinajstić information content (AvgIpc) is 0.832. The van der Waals surface area contributed by atoms with Crippen LogP contribution in [0.2, 0.25) is 0 Å². The van der Waals surface area contributed by atoms with Crippen molar-refractivity contribution in [1.29, 1.82) is 0 Å². The van der Waals surface area contributed by atoms with Gasteiger partial charge in [-0.25, -0.2) is 0 Å². The maximum absolute atomic E-state index is 6.15. The van der Waals surface area contributed by atoms with Gasteiger partial charge in [-0.2, -0.15) is 0 Å². The molecule has 8 rings (SSSR count). The van der Waals surface area contributed by atoms with Crippen LogP contribution in [0.3, 0.4) is 0 Å². The summed E-state index contributed by atoms with van der Waals surface area (Å²) >= 11 is 65.2. The Bertz CT molecular complexity index is 3440. The molecule has 0 atom stereocenters. The van der Waals surface area contributed by atoms with Gasteiger partial charge in [0.15, 0.2) is 11.4 Å². The van der Waals surface area contributed by atoms with Gasteiger partial charge in [0.2, 0.25) is 0 Å². The normalized spacial score (nSPS) is 14.6. The zero-order valence-electron chi connectivity index (χ0n) is 89.1. The van der Waals surface area contributed by atoms with Gasteiger partial charge in [-0.15, -0.1) is 0 Å². The second-order valence-corrected chi connectivity index (χ2v) is 67.4. The number of aryl methyl sites for hydroxylation is 4. The van der Waals surface area contributed by atoms with Crippen LogP contribution in [0.15, 0.2) is 97.1 Å². The van der Waals surface area contributed by atoms with Gasteiger partial charge >= 0.3 is 87.8 Å². The number of hydrogen-bond acceptors (Lipinski definition) is 24. The van der Waals surface area contributed by atoms with Gasteiger partial charge in [-0.3, -0.25) is 0 Å². The Morgan fingerprint density at radius 1 is 0.213 bits per heavy atom. The molecule has 0 unspecified atom stereocenters. The van der Waals surface area contributed by atoms with E-state index in [4.69, 9.17) is 199 Å². The molecule has 0 spiro atoms. The molecule has 4 saturated carbocycles. The van der Waals surface area contributed by atoms with Crippen LogP contribution < -0.4 is 18.1 Å². The van der Waals surface area contributed by atoms with Crippen molar-refractivity contribution in [2.24, 2.45) is 0 Å². The molecule has 4 aromatic rings. The average molecular weight is 2520 g/mol. The summed E-state index contributed by atoms with van der Waals surface area (Å²) in [5.74, 6) is 3.14. The van der Waals surface area contributed by atoms with E-state index in [9.17, 15) is 0 Å². The van der Waals surface area contributed by atoms with E-state index in [1.807, 2.05) is 48.5 Å². The first-order valence-electron chi connectivity index (χ1n) is 54.9. The summed E-state index contributed by atoms with van der Waals surface area (Å²) in [5.41, 5.74) is -10.7. The van der Waals surface area contributed by atoms with Crippen LogP contribution in [0, 0.1) is 0 Å². The molecule has 0 bridgehead atoms. The van der Waals surface area contributed by atoms with Crippen molar-refractivity contribution in [2.45, 2.75) is 516 Å². The zero-order chi connectivity index (χ0) is 101. The molecule has 0 N–H and O–H groups in total. The van der Waals surface area contributed by atoms with Gasteiger partial charge in [-0.05, 0) is 199 Å². The van der Waals surface area contributed by atoms with Gasteiger partial charge in [0.05, 0.1) is 73.6 Å². The van der Waals surface area contributed by atoms with Crippen LogP contribution in [-0.2, 0) is 245 Å². The van der Waals surface area contributed by atoms with Gasteiger partial charge in [-0.1, -0.05) is 484 Å². The number of hydrogen-bond donors (Lipinski definition) is 0. The molecule has 4 aliphatic rings. The molecule has 0 heterocycles. The smallest absolute Gasteiger partial charge is 0.691 e. The van der Waals surface area contributed by atoms with Gasteiger partial charge in [0, 0.05) is 0 Å². The Morgan fingerprint density at radius 3 is 0.546 bits per heavy atom. The Labute approximate surface area is 993 Å². The molecule has 0 aliphatic heterocycles. The summed E-state index contributed by atoms with van der Waals surface area (Å²) < 4.78 is 70.6. The molecule has 4 aromatic carbocycles. The first-order valence-corrected chi connectivity index (χ1v) is 76.9. The summed E-state index contributed by atoms with van der Waals surface area (Å²) in [4.78, 5) is 0. The fourth-order valence-electron chi connectivity index (χ4n) is 17.2. The zero-order valence-corrected chi connectivity index (χ0v) is 115. The summed E-state index contributed by atoms with van der Waals surface area (Å²) in [6.45, 7) is 20.6. The van der Waals surface area contributed by atoms with Crippen LogP contribution >= 0.6 is 34.2 Å². The SMILES string of the molecule is CCCCCCCCOP(=S)([S-])OCCCCCCCC.CCCCCCCCOP(=S)([S-])OCCCCCCCC.CCCCCCCc1ccccc1OP(=S)([S-])Oc1ccccc1CCCCCCC.CCCCCCCc1ccccc1OP(=S)([S-])Oc1ccccc1CCCCCCC.S=P([S-])(OC1CCCCC1)OC1CCCCC1.S=P([S-])(OC1CCCCC1)OC1CCCCC1.[Ba+2].[Zn+2].[Zn+2]. The predicted molar refractivity (Wildman–Crippen MR) is 643 cm³/mol. The maximum atomic E-state index is 6.15. The standard InChI is InChI=1S/2C26H39O2PS2.2C16H35O2PS2.2C12H23O2PS2.Ba.2Zn/c2*1-3-5-7-9-11-17-23-19-13-15-21-25(23)27-29(30,31)28-26-22-16-14-20-24(26)18-12-10-8-6-4-2;2*1-3-5-7-9-11-13-15-17-19(20,21)18-16-14-12-10-8-6-4-2;2*16-15(17,13-11-7-3-1-4-8-11)14-12-9-5-2-6-10-12;;;/h2*13-16,19-22H,3-12,17-18H2,1-2H3,(H,30,31);2*3-16H2,1-2H3,(H,20,21);2*11-12H,1-10H2,(H,16,17);;;/q;;;;;;3*+2/p-6. The number of unbranched alkanes of at least 4 members (excludes halogenated alkanes) is 36. The maximum Gasteiger partial charge on any atom is 2.00 e. The predicted octanol–water partition coefficient (Wildman–Crippen LogP) is 39.4. The Morgan fingerprint density at radius 2 is 0.369 bits per heavy atom. The molecule has 33 heteroatoms. The fraction of sp³-hybridized carbons (Fsp3) is 0.778. The van der Waals surface area contributed by atoms with E-state index >= 15 is 0 Å². The van der Waals surface area contributed by atoms with Crippen LogP contribution in [0.4, 0.5) is 0 Å². The molecule has 4 aliphatic carbocycles. The molecule has 800 valence electrons. The third-order valence-corrected chi connectivity index (χ3v) is 37.5. The summed E-state index contributed by atoms with van der Waals surface area (Å²) in [6, 6.07) is 32.5. The summed E-state index contributed by atoms with van der Waals surface area (Å²) in [7, 11) is 0. The van der Waals surface area contributed by atoms with E-state index in [1.165, 1.54) is 330 Å². The molecular formula is C108H188BaO12P6S12Zn2. The van der Waals surface area contributed by atoms with Crippen molar-refractivity contribution in [1.82, 2.24) is 0 Å². The fourth-order valence-corrected chi connectivity index (χ4v) is 29.5. The molecule has 0 saturated heterocycles. The van der Waals surface area contributed by atoms with Gasteiger partial charge in [0.1, 0.15) is 23.0 Å². The van der Waals surface area contributed by atoms with Crippen LogP contribution in [0.5, 0.6) is 23.0 Å². The van der Waals surface area contributed by atoms with Crippen LogP contribution in [0.25, 0.3) is 0 Å². The van der Waals surface area contributed by atoms with E-state index in [0.29, 0.717) is 26.4 Å². The van der Waals surface area contributed by atoms with Gasteiger partial charge < -0.3 is 128 Å². The molecule has 141 heavy (non-hydrogen) atoms. The van der Waals surface area contributed by atoms with Crippen molar-refractivity contribution < 1.29 is 93.2 Å². The minimum absolute atomic E-state index is 0. The second kappa shape index (κ2) is 95.6. The second-order valence-electron chi connectivity index (χ2n) is 38.0. The van der Waals surface area contributed by atoms with Gasteiger partial charge in [0.25, 0.3) is 0 Å². The number of benzene rings is 4. The van der Waals surface area contributed by atoms with Crippen molar-refractivity contribution in [3.63, 3.8) is 0 Å². The quantitative estimate of drug-likeness (QED) is 0.0181. The molecule has 12 nitrogen and oxygen atoms in total. The largest absolute Gasteiger partial charge is 2.00 e. The molecule has 4 fully saturated rings. The van der Waals surface area contributed by atoms with Crippen molar-refractivity contribution in [2.75, 3.05) is 26.4 Å². The first kappa shape index (κ1) is 146. The van der Waals surface area contributed by atoms with Crippen molar-refractivity contribution >= 4 is 227 Å². The van der Waals surface area contributed by atoms with Crippen LogP contribution in [-0.4, -0.2) is 99.7 Å². The van der Waals surface area contributed by atoms with Crippen molar-refractivity contribution in [3.05, 3.63) is 119 Å². The third kappa shape index (κ3) is 82.6. The molecule has 0 aromatic heterocycles.